The number of hydrogen-bond acceptors (Lipinski definition) is 3. The highest BCUT2D eigenvalue weighted by atomic mass is 35.5. The third-order valence-corrected chi connectivity index (χ3v) is 4.04. The lowest BCUT2D eigenvalue weighted by Gasteiger charge is -1.99. The van der Waals surface area contributed by atoms with E-state index >= 15 is 0 Å². The van der Waals surface area contributed by atoms with Gasteiger partial charge in [-0.15, -0.1) is 33.1 Å². The summed E-state index contributed by atoms with van der Waals surface area (Å²) < 4.78 is 0. The van der Waals surface area contributed by atoms with Crippen LogP contribution in [0.5, 0.6) is 0 Å². The molecule has 4 heteroatoms. The van der Waals surface area contributed by atoms with E-state index in [9.17, 15) is 0 Å². The highest BCUT2D eigenvalue weighted by molar-refractivity contribution is 7.11. The largest absolute Gasteiger partial charge is 0.144 e. The zero-order valence-corrected chi connectivity index (χ0v) is 12.3. The summed E-state index contributed by atoms with van der Waals surface area (Å²) in [4.78, 5) is 0. The van der Waals surface area contributed by atoms with Crippen molar-refractivity contribution in [2.45, 2.75) is 64.7 Å². The summed E-state index contributed by atoms with van der Waals surface area (Å²) in [6.45, 7) is 2.26. The maximum absolute atomic E-state index is 5.67. The lowest BCUT2D eigenvalue weighted by molar-refractivity contribution is 0.588. The third kappa shape index (κ3) is 6.99. The predicted octanol–water partition coefficient (Wildman–Crippen LogP) is 4.61. The molecule has 0 unspecified atom stereocenters. The molecule has 1 aromatic heterocycles. The lowest BCUT2D eigenvalue weighted by Crippen LogP contribution is -1.86. The average Bonchev–Trinajstić information content (AvgIpc) is 2.76. The number of nitrogens with zero attached hydrogens (tertiary/aromatic N) is 2. The van der Waals surface area contributed by atoms with Crippen LogP contribution in [0.2, 0.25) is 0 Å². The molecule has 0 atom stereocenters. The van der Waals surface area contributed by atoms with E-state index in [1.807, 2.05) is 0 Å². The Labute approximate surface area is 114 Å². The van der Waals surface area contributed by atoms with E-state index in [0.717, 1.165) is 17.8 Å². The Kier molecular flexibility index (Phi) is 8.63. The van der Waals surface area contributed by atoms with Crippen LogP contribution in [0.15, 0.2) is 0 Å². The van der Waals surface area contributed by atoms with Crippen molar-refractivity contribution < 1.29 is 0 Å². The molecule has 0 bridgehead atoms. The van der Waals surface area contributed by atoms with Crippen molar-refractivity contribution >= 4 is 22.9 Å². The van der Waals surface area contributed by atoms with Crippen molar-refractivity contribution in [1.29, 1.82) is 0 Å². The zero-order valence-electron chi connectivity index (χ0n) is 10.8. The van der Waals surface area contributed by atoms with Gasteiger partial charge in [0.15, 0.2) is 0 Å². The molecule has 0 fully saturated rings. The van der Waals surface area contributed by atoms with E-state index in [1.54, 1.807) is 11.3 Å². The first-order valence-corrected chi connectivity index (χ1v) is 8.09. The van der Waals surface area contributed by atoms with Gasteiger partial charge in [0.05, 0.1) is 0 Å². The Hall–Kier alpha value is -0.150. The maximum atomic E-state index is 5.67. The van der Waals surface area contributed by atoms with Gasteiger partial charge in [-0.1, -0.05) is 45.4 Å². The molecule has 0 saturated heterocycles. The van der Waals surface area contributed by atoms with Crippen LogP contribution in [0, 0.1) is 0 Å². The van der Waals surface area contributed by atoms with Crippen molar-refractivity contribution in [1.82, 2.24) is 10.2 Å². The van der Waals surface area contributed by atoms with E-state index in [0.29, 0.717) is 5.88 Å². The molecule has 1 heterocycles. The number of alkyl halides is 1. The second-order valence-electron chi connectivity index (χ2n) is 4.40. The Bertz CT molecular complexity index is 289. The minimum Gasteiger partial charge on any atom is -0.144 e. The molecule has 1 aromatic rings. The summed E-state index contributed by atoms with van der Waals surface area (Å²) in [5.74, 6) is 0.645. The van der Waals surface area contributed by atoms with Gasteiger partial charge in [-0.3, -0.25) is 0 Å². The summed E-state index contributed by atoms with van der Waals surface area (Å²) in [5, 5.41) is 10.6. The maximum Gasteiger partial charge on any atom is 0.118 e. The fraction of sp³-hybridized carbons (Fsp3) is 0.846. The lowest BCUT2D eigenvalue weighted by atomic mass is 10.1. The van der Waals surface area contributed by atoms with Gasteiger partial charge in [-0.2, -0.15) is 0 Å². The van der Waals surface area contributed by atoms with Gasteiger partial charge in [-0.05, 0) is 6.42 Å². The van der Waals surface area contributed by atoms with E-state index in [4.69, 9.17) is 11.6 Å². The molecule has 0 aliphatic carbocycles. The fourth-order valence-electron chi connectivity index (χ4n) is 1.80. The Morgan fingerprint density at radius 1 is 0.882 bits per heavy atom. The number of hydrogen-bond donors (Lipinski definition) is 0. The highest BCUT2D eigenvalue weighted by Gasteiger charge is 2.03. The summed E-state index contributed by atoms with van der Waals surface area (Å²) in [6.07, 6.45) is 11.4. The fourth-order valence-corrected chi connectivity index (χ4v) is 2.98. The van der Waals surface area contributed by atoms with E-state index in [2.05, 4.69) is 17.1 Å². The van der Waals surface area contributed by atoms with Gasteiger partial charge in [0, 0.05) is 18.7 Å². The predicted molar refractivity (Wildman–Crippen MR) is 76.0 cm³/mol. The number of unbranched alkanes of at least 4 members (excludes halogenated alkanes) is 6. The zero-order chi connectivity index (χ0) is 12.3. The first-order chi connectivity index (χ1) is 8.36. The van der Waals surface area contributed by atoms with Gasteiger partial charge >= 0.3 is 0 Å². The second kappa shape index (κ2) is 9.84. The number of aromatic nitrogens is 2. The van der Waals surface area contributed by atoms with Crippen LogP contribution in [0.3, 0.4) is 0 Å². The summed E-state index contributed by atoms with van der Waals surface area (Å²) in [6, 6.07) is 0. The molecule has 98 valence electrons. The van der Waals surface area contributed by atoms with Gasteiger partial charge in [0.1, 0.15) is 10.0 Å². The van der Waals surface area contributed by atoms with Crippen molar-refractivity contribution in [3.05, 3.63) is 10.0 Å². The molecule has 0 N–H and O–H groups in total. The molecule has 2 nitrogen and oxygen atoms in total. The van der Waals surface area contributed by atoms with Crippen molar-refractivity contribution in [2.75, 3.05) is 5.88 Å². The second-order valence-corrected chi connectivity index (χ2v) is 5.92. The SMILES string of the molecule is CCCCCCCCCc1nnc(CCCl)s1. The van der Waals surface area contributed by atoms with Crippen molar-refractivity contribution in [2.24, 2.45) is 0 Å². The molecule has 0 radical (unpaired) electrons. The van der Waals surface area contributed by atoms with Crippen LogP contribution in [0.25, 0.3) is 0 Å². The number of rotatable bonds is 10. The normalized spacial score (nSPS) is 10.9. The smallest absolute Gasteiger partial charge is 0.118 e. The Morgan fingerprint density at radius 3 is 2.12 bits per heavy atom. The molecular weight excluding hydrogens is 252 g/mol. The monoisotopic (exact) mass is 274 g/mol. The molecule has 0 aromatic carbocycles. The standard InChI is InChI=1S/C13H23ClN2S/c1-2-3-4-5-6-7-8-9-12-15-16-13(17-12)10-11-14/h2-11H2,1H3. The van der Waals surface area contributed by atoms with E-state index in [1.165, 1.54) is 50.0 Å². The first-order valence-electron chi connectivity index (χ1n) is 6.74. The van der Waals surface area contributed by atoms with Crippen LogP contribution in [-0.4, -0.2) is 16.1 Å². The highest BCUT2D eigenvalue weighted by Crippen LogP contribution is 2.15. The average molecular weight is 275 g/mol. The van der Waals surface area contributed by atoms with Crippen LogP contribution in [0.1, 0.15) is 61.9 Å². The van der Waals surface area contributed by atoms with E-state index < -0.39 is 0 Å². The van der Waals surface area contributed by atoms with Gasteiger partial charge in [0.2, 0.25) is 0 Å². The molecule has 0 spiro atoms. The quantitative estimate of drug-likeness (QED) is 0.460. The Balaban J connectivity index is 2.01. The minimum absolute atomic E-state index is 0.645. The van der Waals surface area contributed by atoms with Crippen LogP contribution < -0.4 is 0 Å². The molecule has 0 saturated carbocycles. The number of aryl methyl sites for hydroxylation is 2. The molecule has 1 rings (SSSR count). The number of halogens is 1. The molecule has 0 aliphatic rings. The van der Waals surface area contributed by atoms with E-state index in [-0.39, 0.29) is 0 Å². The van der Waals surface area contributed by atoms with Gasteiger partial charge in [-0.25, -0.2) is 0 Å². The van der Waals surface area contributed by atoms with Gasteiger partial charge < -0.3 is 0 Å². The topological polar surface area (TPSA) is 25.8 Å². The molecular formula is C13H23ClN2S. The summed E-state index contributed by atoms with van der Waals surface area (Å²) >= 11 is 7.39. The summed E-state index contributed by atoms with van der Waals surface area (Å²) in [5.41, 5.74) is 0. The Morgan fingerprint density at radius 2 is 1.47 bits per heavy atom. The molecule has 17 heavy (non-hydrogen) atoms. The minimum atomic E-state index is 0.645. The van der Waals surface area contributed by atoms with Crippen LogP contribution in [0.4, 0.5) is 0 Å². The van der Waals surface area contributed by atoms with Crippen molar-refractivity contribution in [3.63, 3.8) is 0 Å². The molecule has 0 amide bonds. The third-order valence-electron chi connectivity index (χ3n) is 2.81. The van der Waals surface area contributed by atoms with Crippen LogP contribution in [-0.2, 0) is 12.8 Å². The summed E-state index contributed by atoms with van der Waals surface area (Å²) in [7, 11) is 0. The van der Waals surface area contributed by atoms with Crippen LogP contribution >= 0.6 is 22.9 Å². The van der Waals surface area contributed by atoms with Gasteiger partial charge in [0.25, 0.3) is 0 Å². The van der Waals surface area contributed by atoms with Crippen molar-refractivity contribution in [3.8, 4) is 0 Å². The molecule has 0 aliphatic heterocycles. The first kappa shape index (κ1) is 14.9.